The molecule has 0 fully saturated rings. The van der Waals surface area contributed by atoms with E-state index in [1.165, 1.54) is 13.2 Å². The monoisotopic (exact) mass is 390 g/mol. The number of amides is 1. The fourth-order valence-corrected chi connectivity index (χ4v) is 3.07. The topological polar surface area (TPSA) is 72.6 Å². The number of halogens is 2. The summed E-state index contributed by atoms with van der Waals surface area (Å²) in [6.45, 7) is 0.294. The Kier molecular flexibility index (Phi) is 5.67. The highest BCUT2D eigenvalue weighted by Gasteiger charge is 2.19. The van der Waals surface area contributed by atoms with Crippen molar-refractivity contribution in [2.24, 2.45) is 0 Å². The van der Waals surface area contributed by atoms with Gasteiger partial charge in [0.05, 0.1) is 26.8 Å². The number of benzene rings is 2. The highest BCUT2D eigenvalue weighted by Crippen LogP contribution is 2.44. The number of hydrogen-bond donors (Lipinski definition) is 2. The molecule has 0 unspecified atom stereocenters. The molecule has 3 rings (SSSR count). The number of methoxy groups -OCH3 is 3. The van der Waals surface area contributed by atoms with E-state index in [-0.39, 0.29) is 5.56 Å². The van der Waals surface area contributed by atoms with Crippen LogP contribution in [0.3, 0.4) is 0 Å². The molecule has 2 N–H and O–H groups in total. The maximum atomic E-state index is 13.3. The number of fused-ring (bicyclic) bond motifs is 1. The average Bonchev–Trinajstić information content (AvgIpc) is 3.10. The van der Waals surface area contributed by atoms with Crippen LogP contribution >= 0.6 is 0 Å². The number of aromatic nitrogens is 1. The molecule has 0 saturated carbocycles. The van der Waals surface area contributed by atoms with Crippen molar-refractivity contribution < 1.29 is 27.8 Å². The van der Waals surface area contributed by atoms with Gasteiger partial charge < -0.3 is 24.5 Å². The van der Waals surface area contributed by atoms with Crippen molar-refractivity contribution in [3.63, 3.8) is 0 Å². The van der Waals surface area contributed by atoms with E-state index in [2.05, 4.69) is 10.3 Å². The van der Waals surface area contributed by atoms with Gasteiger partial charge in [-0.1, -0.05) is 0 Å². The molecular formula is C20H20F2N2O4. The summed E-state index contributed by atoms with van der Waals surface area (Å²) in [7, 11) is 4.61. The van der Waals surface area contributed by atoms with Crippen LogP contribution in [0.1, 0.15) is 15.9 Å². The van der Waals surface area contributed by atoms with Gasteiger partial charge in [0, 0.05) is 29.8 Å². The predicted octanol–water partition coefficient (Wildman–Crippen LogP) is 3.44. The van der Waals surface area contributed by atoms with Gasteiger partial charge in [0.25, 0.3) is 5.91 Å². The first-order valence-electron chi connectivity index (χ1n) is 8.52. The number of hydrogen-bond acceptors (Lipinski definition) is 4. The zero-order chi connectivity index (χ0) is 20.3. The molecule has 0 saturated heterocycles. The Morgan fingerprint density at radius 1 is 1.04 bits per heavy atom. The fraction of sp³-hybridized carbons (Fsp3) is 0.250. The Bertz CT molecular complexity index is 1020. The van der Waals surface area contributed by atoms with Crippen LogP contribution in [-0.4, -0.2) is 38.8 Å². The molecule has 0 bridgehead atoms. The molecule has 0 aliphatic carbocycles. The Morgan fingerprint density at radius 3 is 2.43 bits per heavy atom. The second-order valence-corrected chi connectivity index (χ2v) is 6.02. The quantitative estimate of drug-likeness (QED) is 0.648. The van der Waals surface area contributed by atoms with Crippen LogP contribution in [0.4, 0.5) is 8.78 Å². The van der Waals surface area contributed by atoms with Crippen molar-refractivity contribution in [3.8, 4) is 17.2 Å². The molecule has 0 radical (unpaired) electrons. The van der Waals surface area contributed by atoms with Crippen molar-refractivity contribution in [3.05, 3.63) is 53.2 Å². The van der Waals surface area contributed by atoms with Gasteiger partial charge in [-0.15, -0.1) is 0 Å². The summed E-state index contributed by atoms with van der Waals surface area (Å²) in [6.07, 6.45) is 2.30. The number of carbonyl (C=O) groups excluding carboxylic acids is 1. The van der Waals surface area contributed by atoms with Gasteiger partial charge in [0.1, 0.15) is 0 Å². The number of ether oxygens (including phenoxy) is 3. The van der Waals surface area contributed by atoms with Crippen molar-refractivity contribution >= 4 is 16.8 Å². The maximum absolute atomic E-state index is 13.3. The molecule has 8 heteroatoms. The smallest absolute Gasteiger partial charge is 0.251 e. The van der Waals surface area contributed by atoms with Gasteiger partial charge in [-0.05, 0) is 30.2 Å². The maximum Gasteiger partial charge on any atom is 0.251 e. The summed E-state index contributed by atoms with van der Waals surface area (Å²) in [4.78, 5) is 15.3. The highest BCUT2D eigenvalue weighted by atomic mass is 19.2. The summed E-state index contributed by atoms with van der Waals surface area (Å²) in [5, 5.41) is 3.52. The molecule has 0 spiro atoms. The molecule has 6 nitrogen and oxygen atoms in total. The minimum atomic E-state index is -1.06. The number of H-pyrrole nitrogens is 1. The van der Waals surface area contributed by atoms with Crippen molar-refractivity contribution in [1.29, 1.82) is 0 Å². The molecule has 3 aromatic rings. The van der Waals surface area contributed by atoms with Gasteiger partial charge in [-0.3, -0.25) is 4.79 Å². The Labute approximate surface area is 160 Å². The molecule has 1 aromatic heterocycles. The standard InChI is InChI=1S/C20H20F2N2O4/c1-26-16-9-15-17(19(28-3)18(16)27-2)12(10-24-15)6-7-23-20(25)11-4-5-13(21)14(22)8-11/h4-5,8-10,24H,6-7H2,1-3H3,(H,23,25). The second-order valence-electron chi connectivity index (χ2n) is 6.02. The zero-order valence-electron chi connectivity index (χ0n) is 15.7. The third-order valence-electron chi connectivity index (χ3n) is 4.41. The van der Waals surface area contributed by atoms with E-state index in [1.54, 1.807) is 20.3 Å². The van der Waals surface area contributed by atoms with E-state index < -0.39 is 17.5 Å². The highest BCUT2D eigenvalue weighted by molar-refractivity contribution is 5.95. The van der Waals surface area contributed by atoms with Crippen LogP contribution < -0.4 is 19.5 Å². The van der Waals surface area contributed by atoms with Gasteiger partial charge in [0.2, 0.25) is 5.75 Å². The van der Waals surface area contributed by atoms with Crippen molar-refractivity contribution in [1.82, 2.24) is 10.3 Å². The molecule has 1 heterocycles. The lowest BCUT2D eigenvalue weighted by Crippen LogP contribution is -2.25. The van der Waals surface area contributed by atoms with E-state index in [1.807, 2.05) is 6.20 Å². The average molecular weight is 390 g/mol. The Balaban J connectivity index is 1.79. The SMILES string of the molecule is COc1cc2[nH]cc(CCNC(=O)c3ccc(F)c(F)c3)c2c(OC)c1OC. The Morgan fingerprint density at radius 2 is 1.79 bits per heavy atom. The van der Waals surface area contributed by atoms with Gasteiger partial charge in [-0.25, -0.2) is 8.78 Å². The van der Waals surface area contributed by atoms with Crippen LogP contribution in [0.15, 0.2) is 30.5 Å². The van der Waals surface area contributed by atoms with Crippen molar-refractivity contribution in [2.75, 3.05) is 27.9 Å². The molecule has 0 atom stereocenters. The van der Waals surface area contributed by atoms with Gasteiger partial charge in [-0.2, -0.15) is 0 Å². The Hall–Kier alpha value is -3.29. The second kappa shape index (κ2) is 8.16. The van der Waals surface area contributed by atoms with E-state index >= 15 is 0 Å². The zero-order valence-corrected chi connectivity index (χ0v) is 15.7. The van der Waals surface area contributed by atoms with E-state index in [9.17, 15) is 13.6 Å². The first-order chi connectivity index (χ1) is 13.5. The largest absolute Gasteiger partial charge is 0.493 e. The fourth-order valence-electron chi connectivity index (χ4n) is 3.07. The van der Waals surface area contributed by atoms with Crippen molar-refractivity contribution in [2.45, 2.75) is 6.42 Å². The molecule has 0 aliphatic rings. The lowest BCUT2D eigenvalue weighted by Gasteiger charge is -2.14. The third kappa shape index (κ3) is 3.58. The summed E-state index contributed by atoms with van der Waals surface area (Å²) in [5.74, 6) is -0.997. The molecule has 0 aliphatic heterocycles. The number of carbonyl (C=O) groups is 1. The van der Waals surface area contributed by atoms with Gasteiger partial charge >= 0.3 is 0 Å². The van der Waals surface area contributed by atoms with Crippen LogP contribution in [0.25, 0.3) is 10.9 Å². The molecule has 148 valence electrons. The minimum Gasteiger partial charge on any atom is -0.493 e. The lowest BCUT2D eigenvalue weighted by atomic mass is 10.1. The normalized spacial score (nSPS) is 10.8. The van der Waals surface area contributed by atoms with Crippen LogP contribution in [0.2, 0.25) is 0 Å². The summed E-state index contributed by atoms with van der Waals surface area (Å²) >= 11 is 0. The summed E-state index contributed by atoms with van der Waals surface area (Å²) in [5.41, 5.74) is 1.76. The number of rotatable bonds is 7. The molecular weight excluding hydrogens is 370 g/mol. The first-order valence-corrected chi connectivity index (χ1v) is 8.52. The van der Waals surface area contributed by atoms with E-state index in [0.29, 0.717) is 30.2 Å². The molecule has 2 aromatic carbocycles. The first kappa shape index (κ1) is 19.5. The van der Waals surface area contributed by atoms with Gasteiger partial charge in [0.15, 0.2) is 23.1 Å². The third-order valence-corrected chi connectivity index (χ3v) is 4.41. The minimum absolute atomic E-state index is 0.0572. The van der Waals surface area contributed by atoms with E-state index in [4.69, 9.17) is 14.2 Å². The summed E-state index contributed by atoms with van der Waals surface area (Å²) < 4.78 is 42.5. The predicted molar refractivity (Wildman–Crippen MR) is 100 cm³/mol. The van der Waals surface area contributed by atoms with Crippen LogP contribution in [-0.2, 0) is 6.42 Å². The number of aromatic amines is 1. The molecule has 1 amide bonds. The van der Waals surface area contributed by atoms with E-state index in [0.717, 1.165) is 28.6 Å². The lowest BCUT2D eigenvalue weighted by molar-refractivity contribution is 0.0953. The van der Waals surface area contributed by atoms with Crippen LogP contribution in [0.5, 0.6) is 17.2 Å². The molecule has 28 heavy (non-hydrogen) atoms. The van der Waals surface area contributed by atoms with Crippen LogP contribution in [0, 0.1) is 11.6 Å². The number of nitrogens with one attached hydrogen (secondary N) is 2. The summed E-state index contributed by atoms with van der Waals surface area (Å²) in [6, 6.07) is 4.84.